The molecule has 1 amide bonds. The summed E-state index contributed by atoms with van der Waals surface area (Å²) in [4.78, 5) is 11.8. The van der Waals surface area contributed by atoms with Gasteiger partial charge >= 0.3 is 0 Å². The van der Waals surface area contributed by atoms with Crippen LogP contribution in [0.4, 0.5) is 4.39 Å². The third-order valence-electron chi connectivity index (χ3n) is 4.06. The summed E-state index contributed by atoms with van der Waals surface area (Å²) in [5, 5.41) is 3.84. The molecule has 0 heterocycles. The normalized spacial score (nSPS) is 13.5. The zero-order chi connectivity index (χ0) is 17.6. The molecule has 0 radical (unpaired) electrons. The molecule has 25 heavy (non-hydrogen) atoms. The van der Waals surface area contributed by atoms with Crippen LogP contribution in [0.25, 0.3) is 0 Å². The average molecular weight is 405 g/mol. The van der Waals surface area contributed by atoms with Gasteiger partial charge in [0.2, 0.25) is 0 Å². The Kier molecular flexibility index (Phi) is 5.81. The first kappa shape index (κ1) is 17.6. The van der Waals surface area contributed by atoms with Gasteiger partial charge in [-0.25, -0.2) is 9.82 Å². The van der Waals surface area contributed by atoms with E-state index in [2.05, 4.69) is 32.5 Å². The van der Waals surface area contributed by atoms with Crippen LogP contribution < -0.4 is 10.2 Å². The number of hydrazone groups is 1. The van der Waals surface area contributed by atoms with E-state index in [1.54, 1.807) is 12.1 Å². The summed E-state index contributed by atoms with van der Waals surface area (Å²) in [5.41, 5.74) is 5.71. The largest absolute Gasteiger partial charge is 0.483 e. The number of halogens is 2. The Balaban J connectivity index is 1.53. The molecule has 4 nitrogen and oxygen atoms in total. The zero-order valence-corrected chi connectivity index (χ0v) is 15.2. The van der Waals surface area contributed by atoms with Gasteiger partial charge in [0.1, 0.15) is 11.6 Å². The molecule has 0 aliphatic heterocycles. The van der Waals surface area contributed by atoms with E-state index in [-0.39, 0.29) is 18.3 Å². The fraction of sp³-hybridized carbons (Fsp3) is 0.263. The van der Waals surface area contributed by atoms with Crippen LogP contribution in [-0.4, -0.2) is 18.7 Å². The first-order valence-corrected chi connectivity index (χ1v) is 8.93. The van der Waals surface area contributed by atoms with E-state index in [0.717, 1.165) is 17.3 Å². The van der Waals surface area contributed by atoms with E-state index >= 15 is 0 Å². The summed E-state index contributed by atoms with van der Waals surface area (Å²) in [7, 11) is 0. The van der Waals surface area contributed by atoms with Crippen molar-refractivity contribution in [3.63, 3.8) is 0 Å². The first-order chi connectivity index (χ1) is 12.1. The molecule has 0 spiro atoms. The van der Waals surface area contributed by atoms with Crippen LogP contribution in [-0.2, 0) is 17.6 Å². The lowest BCUT2D eigenvalue weighted by Gasteiger charge is -2.19. The molecule has 0 atom stereocenters. The lowest BCUT2D eigenvalue weighted by Crippen LogP contribution is -2.24. The van der Waals surface area contributed by atoms with Crippen molar-refractivity contribution >= 4 is 28.1 Å². The van der Waals surface area contributed by atoms with Gasteiger partial charge in [0, 0.05) is 0 Å². The van der Waals surface area contributed by atoms with Crippen LogP contribution in [0.5, 0.6) is 5.75 Å². The number of nitrogens with one attached hydrogen (secondary N) is 1. The fourth-order valence-corrected chi connectivity index (χ4v) is 3.48. The van der Waals surface area contributed by atoms with E-state index in [1.165, 1.54) is 42.3 Å². The van der Waals surface area contributed by atoms with E-state index < -0.39 is 0 Å². The summed E-state index contributed by atoms with van der Waals surface area (Å²) in [6.45, 7) is -0.127. The Hall–Kier alpha value is -2.21. The molecule has 0 fully saturated rings. The molecule has 0 unspecified atom stereocenters. The number of carbonyl (C=O) groups is 1. The van der Waals surface area contributed by atoms with Gasteiger partial charge < -0.3 is 4.74 Å². The van der Waals surface area contributed by atoms with Gasteiger partial charge in [0.05, 0.1) is 10.7 Å². The van der Waals surface area contributed by atoms with Crippen LogP contribution in [0, 0.1) is 5.82 Å². The standard InChI is InChI=1S/C19H18BrFN2O2/c20-19-16-4-2-1-3-14(16)7-10-17(19)25-12-18(24)23-22-11-13-5-8-15(21)9-6-13/h5-11H,1-4,12H2,(H,23,24)/b22-11-. The van der Waals surface area contributed by atoms with Crippen LogP contribution >= 0.6 is 15.9 Å². The van der Waals surface area contributed by atoms with Crippen molar-refractivity contribution in [1.82, 2.24) is 5.43 Å². The van der Waals surface area contributed by atoms with Gasteiger partial charge in [0.25, 0.3) is 5.91 Å². The highest BCUT2D eigenvalue weighted by atomic mass is 79.9. The quantitative estimate of drug-likeness (QED) is 0.604. The molecule has 0 bridgehead atoms. The van der Waals surface area contributed by atoms with Crippen LogP contribution in [0.15, 0.2) is 46.0 Å². The number of benzene rings is 2. The monoisotopic (exact) mass is 404 g/mol. The zero-order valence-electron chi connectivity index (χ0n) is 13.6. The van der Waals surface area contributed by atoms with Crippen molar-refractivity contribution in [3.8, 4) is 5.75 Å². The van der Waals surface area contributed by atoms with Gasteiger partial charge in [0.15, 0.2) is 6.61 Å². The Morgan fingerprint density at radius 1 is 1.20 bits per heavy atom. The minimum Gasteiger partial charge on any atom is -0.483 e. The second kappa shape index (κ2) is 8.25. The Morgan fingerprint density at radius 3 is 2.76 bits per heavy atom. The predicted molar refractivity (Wildman–Crippen MR) is 98.4 cm³/mol. The molecule has 2 aromatic rings. The van der Waals surface area contributed by atoms with Crippen molar-refractivity contribution < 1.29 is 13.9 Å². The summed E-state index contributed by atoms with van der Waals surface area (Å²) in [5.74, 6) is -0.00786. The lowest BCUT2D eigenvalue weighted by atomic mass is 9.92. The molecule has 1 aliphatic carbocycles. The van der Waals surface area contributed by atoms with Crippen molar-refractivity contribution in [2.75, 3.05) is 6.61 Å². The number of carbonyl (C=O) groups excluding carboxylic acids is 1. The SMILES string of the molecule is O=C(COc1ccc2c(c1Br)CCCC2)N/N=C\c1ccc(F)cc1. The molecule has 1 aliphatic rings. The minimum atomic E-state index is -0.358. The maximum atomic E-state index is 12.8. The Morgan fingerprint density at radius 2 is 1.96 bits per heavy atom. The number of ether oxygens (including phenoxy) is 1. The molecule has 1 N–H and O–H groups in total. The second-order valence-corrected chi connectivity index (χ2v) is 6.65. The molecule has 2 aromatic carbocycles. The highest BCUT2D eigenvalue weighted by Gasteiger charge is 2.16. The topological polar surface area (TPSA) is 50.7 Å². The van der Waals surface area contributed by atoms with Crippen molar-refractivity contribution in [3.05, 3.63) is 63.4 Å². The Labute approximate surface area is 154 Å². The molecule has 6 heteroatoms. The molecular weight excluding hydrogens is 387 g/mol. The third-order valence-corrected chi connectivity index (χ3v) is 4.93. The number of hydrogen-bond acceptors (Lipinski definition) is 3. The molecular formula is C19H18BrFN2O2. The third kappa shape index (κ3) is 4.66. The second-order valence-electron chi connectivity index (χ2n) is 5.86. The van der Waals surface area contributed by atoms with Crippen molar-refractivity contribution in [2.24, 2.45) is 5.10 Å². The number of aryl methyl sites for hydroxylation is 1. The minimum absolute atomic E-state index is 0.127. The number of rotatable bonds is 5. The molecule has 0 aromatic heterocycles. The summed E-state index contributed by atoms with van der Waals surface area (Å²) < 4.78 is 19.3. The molecule has 130 valence electrons. The number of nitrogens with zero attached hydrogens (tertiary/aromatic N) is 1. The lowest BCUT2D eigenvalue weighted by molar-refractivity contribution is -0.123. The summed E-state index contributed by atoms with van der Waals surface area (Å²) in [6, 6.07) is 9.78. The number of fused-ring (bicyclic) bond motifs is 1. The van der Waals surface area contributed by atoms with Crippen LogP contribution in [0.3, 0.4) is 0 Å². The molecule has 3 rings (SSSR count). The molecule has 0 saturated heterocycles. The van der Waals surface area contributed by atoms with Gasteiger partial charge in [-0.05, 0) is 76.5 Å². The smallest absolute Gasteiger partial charge is 0.277 e. The van der Waals surface area contributed by atoms with E-state index in [0.29, 0.717) is 11.3 Å². The number of amides is 1. The van der Waals surface area contributed by atoms with E-state index in [4.69, 9.17) is 4.74 Å². The summed E-state index contributed by atoms with van der Waals surface area (Å²) in [6.07, 6.45) is 5.96. The van der Waals surface area contributed by atoms with Crippen molar-refractivity contribution in [1.29, 1.82) is 0 Å². The fourth-order valence-electron chi connectivity index (χ4n) is 2.78. The average Bonchev–Trinajstić information content (AvgIpc) is 2.63. The summed E-state index contributed by atoms with van der Waals surface area (Å²) >= 11 is 3.59. The van der Waals surface area contributed by atoms with Gasteiger partial charge in [-0.3, -0.25) is 4.79 Å². The first-order valence-electron chi connectivity index (χ1n) is 8.14. The van der Waals surface area contributed by atoms with Crippen LogP contribution in [0.1, 0.15) is 29.5 Å². The highest BCUT2D eigenvalue weighted by Crippen LogP contribution is 2.35. The van der Waals surface area contributed by atoms with Crippen LogP contribution in [0.2, 0.25) is 0 Å². The van der Waals surface area contributed by atoms with Gasteiger partial charge in [-0.2, -0.15) is 5.10 Å². The maximum absolute atomic E-state index is 12.8. The maximum Gasteiger partial charge on any atom is 0.277 e. The predicted octanol–water partition coefficient (Wildman–Crippen LogP) is 4.00. The van der Waals surface area contributed by atoms with Gasteiger partial charge in [-0.15, -0.1) is 0 Å². The Bertz CT molecular complexity index is 791. The highest BCUT2D eigenvalue weighted by molar-refractivity contribution is 9.10. The van der Waals surface area contributed by atoms with Gasteiger partial charge in [-0.1, -0.05) is 18.2 Å². The van der Waals surface area contributed by atoms with E-state index in [1.807, 2.05) is 6.07 Å². The number of hydrogen-bond donors (Lipinski definition) is 1. The molecule has 0 saturated carbocycles. The van der Waals surface area contributed by atoms with E-state index in [9.17, 15) is 9.18 Å². The van der Waals surface area contributed by atoms with Crippen molar-refractivity contribution in [2.45, 2.75) is 25.7 Å².